The Hall–Kier alpha value is -3.13. The van der Waals surface area contributed by atoms with Gasteiger partial charge in [-0.05, 0) is 36.4 Å². The Morgan fingerprint density at radius 2 is 1.62 bits per heavy atom. The highest BCUT2D eigenvalue weighted by Crippen LogP contribution is 2.40. The molecule has 0 saturated heterocycles. The van der Waals surface area contributed by atoms with Crippen LogP contribution in [-0.2, 0) is 6.61 Å². The van der Waals surface area contributed by atoms with E-state index in [-0.39, 0.29) is 12.4 Å². The summed E-state index contributed by atoms with van der Waals surface area (Å²) in [7, 11) is 4.53. The first-order valence-electron chi connectivity index (χ1n) is 8.62. The molecule has 0 fully saturated rings. The van der Waals surface area contributed by atoms with Crippen molar-refractivity contribution in [2.45, 2.75) is 6.61 Å². The fourth-order valence-corrected chi connectivity index (χ4v) is 2.87. The van der Waals surface area contributed by atoms with Crippen molar-refractivity contribution in [3.63, 3.8) is 0 Å². The average molecular weight is 462 g/mol. The van der Waals surface area contributed by atoms with Gasteiger partial charge in [-0.3, -0.25) is 4.79 Å². The summed E-state index contributed by atoms with van der Waals surface area (Å²) in [6.07, 6.45) is 0. The summed E-state index contributed by atoms with van der Waals surface area (Å²) in [6.45, 7) is 0.207. The van der Waals surface area contributed by atoms with Gasteiger partial charge in [0.15, 0.2) is 17.3 Å². The number of carbonyl (C=O) groups excluding carboxylic acids is 1. The molecule has 0 saturated carbocycles. The lowest BCUT2D eigenvalue weighted by Crippen LogP contribution is -2.11. The largest absolute Gasteiger partial charge is 0.493 e. The third-order valence-electron chi connectivity index (χ3n) is 4.00. The highest BCUT2D eigenvalue weighted by Gasteiger charge is 2.17. The van der Waals surface area contributed by atoms with Crippen molar-refractivity contribution < 1.29 is 28.2 Å². The van der Waals surface area contributed by atoms with Gasteiger partial charge in [-0.1, -0.05) is 15.9 Å². The lowest BCUT2D eigenvalue weighted by Gasteiger charge is -2.14. The highest BCUT2D eigenvalue weighted by molar-refractivity contribution is 9.10. The van der Waals surface area contributed by atoms with Gasteiger partial charge >= 0.3 is 0 Å². The lowest BCUT2D eigenvalue weighted by atomic mass is 10.2. The fraction of sp³-hybridized carbons (Fsp3) is 0.190. The van der Waals surface area contributed by atoms with E-state index in [0.29, 0.717) is 34.4 Å². The normalized spacial score (nSPS) is 10.3. The number of amides is 1. The van der Waals surface area contributed by atoms with Crippen LogP contribution in [-0.4, -0.2) is 27.2 Å². The van der Waals surface area contributed by atoms with Crippen LogP contribution in [0.2, 0.25) is 0 Å². The average Bonchev–Trinajstić information content (AvgIpc) is 3.21. The van der Waals surface area contributed by atoms with E-state index in [1.165, 1.54) is 21.3 Å². The summed E-state index contributed by atoms with van der Waals surface area (Å²) in [5.41, 5.74) is 0.480. The number of nitrogens with one attached hydrogen (secondary N) is 1. The van der Waals surface area contributed by atoms with E-state index in [1.807, 2.05) is 24.3 Å². The van der Waals surface area contributed by atoms with E-state index in [2.05, 4.69) is 21.2 Å². The third-order valence-corrected chi connectivity index (χ3v) is 4.53. The smallest absolute Gasteiger partial charge is 0.291 e. The number of methoxy groups -OCH3 is 3. The molecule has 0 atom stereocenters. The highest BCUT2D eigenvalue weighted by atomic mass is 79.9. The van der Waals surface area contributed by atoms with E-state index in [1.54, 1.807) is 24.3 Å². The first-order chi connectivity index (χ1) is 14.0. The monoisotopic (exact) mass is 461 g/mol. The van der Waals surface area contributed by atoms with Crippen molar-refractivity contribution in [3.05, 3.63) is 64.5 Å². The van der Waals surface area contributed by atoms with Crippen LogP contribution >= 0.6 is 15.9 Å². The summed E-state index contributed by atoms with van der Waals surface area (Å²) in [4.78, 5) is 12.5. The summed E-state index contributed by atoms with van der Waals surface area (Å²) in [5, 5.41) is 2.76. The van der Waals surface area contributed by atoms with Gasteiger partial charge in [-0.15, -0.1) is 0 Å². The Bertz CT molecular complexity index is 958. The quantitative estimate of drug-likeness (QED) is 0.513. The Labute approximate surface area is 176 Å². The first-order valence-corrected chi connectivity index (χ1v) is 9.41. The molecule has 0 radical (unpaired) electrons. The first kappa shape index (κ1) is 20.6. The summed E-state index contributed by atoms with van der Waals surface area (Å²) >= 11 is 3.37. The zero-order valence-electron chi connectivity index (χ0n) is 16.2. The Morgan fingerprint density at radius 3 is 2.21 bits per heavy atom. The number of anilines is 1. The zero-order valence-corrected chi connectivity index (χ0v) is 17.7. The van der Waals surface area contributed by atoms with Gasteiger partial charge in [0.25, 0.3) is 5.91 Å². The van der Waals surface area contributed by atoms with Crippen LogP contribution in [0.4, 0.5) is 5.69 Å². The molecular formula is C21H20BrNO6. The molecule has 0 unspecified atom stereocenters. The second kappa shape index (κ2) is 9.38. The minimum Gasteiger partial charge on any atom is -0.493 e. The standard InChI is InChI=1S/C21H20BrNO6/c1-25-18-10-14(11-19(26-2)20(18)27-3)23-21(24)17-9-8-16(29-17)12-28-15-6-4-13(22)5-7-15/h4-11H,12H2,1-3H3,(H,23,24). The summed E-state index contributed by atoms with van der Waals surface area (Å²) in [5.74, 6) is 2.30. The molecule has 3 rings (SSSR count). The van der Waals surface area contributed by atoms with Gasteiger partial charge in [-0.2, -0.15) is 0 Å². The topological polar surface area (TPSA) is 79.2 Å². The van der Waals surface area contributed by atoms with Crippen LogP contribution in [0.5, 0.6) is 23.0 Å². The van der Waals surface area contributed by atoms with Crippen LogP contribution in [0.15, 0.2) is 57.4 Å². The number of benzene rings is 2. The number of hydrogen-bond acceptors (Lipinski definition) is 6. The van der Waals surface area contributed by atoms with Gasteiger partial charge in [0, 0.05) is 22.3 Å². The van der Waals surface area contributed by atoms with E-state index >= 15 is 0 Å². The molecule has 1 amide bonds. The molecule has 152 valence electrons. The van der Waals surface area contributed by atoms with Gasteiger partial charge in [0.1, 0.15) is 18.1 Å². The maximum Gasteiger partial charge on any atom is 0.291 e. The molecule has 0 aliphatic rings. The minimum absolute atomic E-state index is 0.160. The number of halogens is 1. The van der Waals surface area contributed by atoms with Crippen LogP contribution in [0.3, 0.4) is 0 Å². The molecular weight excluding hydrogens is 442 g/mol. The van der Waals surface area contributed by atoms with Gasteiger partial charge in [0.2, 0.25) is 5.75 Å². The minimum atomic E-state index is -0.408. The van der Waals surface area contributed by atoms with E-state index in [9.17, 15) is 4.79 Å². The van der Waals surface area contributed by atoms with Crippen LogP contribution < -0.4 is 24.3 Å². The van der Waals surface area contributed by atoms with Crippen molar-refractivity contribution in [2.24, 2.45) is 0 Å². The number of hydrogen-bond donors (Lipinski definition) is 1. The van der Waals surface area contributed by atoms with Gasteiger partial charge < -0.3 is 28.7 Å². The second-order valence-electron chi connectivity index (χ2n) is 5.88. The predicted molar refractivity (Wildman–Crippen MR) is 111 cm³/mol. The summed E-state index contributed by atoms with van der Waals surface area (Å²) < 4.78 is 28.1. The number of furan rings is 1. The molecule has 29 heavy (non-hydrogen) atoms. The van der Waals surface area contributed by atoms with Gasteiger partial charge in [-0.25, -0.2) is 0 Å². The zero-order chi connectivity index (χ0) is 20.8. The number of carbonyl (C=O) groups is 1. The third kappa shape index (κ3) is 5.03. The Balaban J connectivity index is 1.68. The molecule has 1 aromatic heterocycles. The number of rotatable bonds is 8. The molecule has 7 nitrogen and oxygen atoms in total. The SMILES string of the molecule is COc1cc(NC(=O)c2ccc(COc3ccc(Br)cc3)o2)cc(OC)c1OC. The molecule has 0 bridgehead atoms. The van der Waals surface area contributed by atoms with Crippen LogP contribution in [0.25, 0.3) is 0 Å². The molecule has 0 aliphatic carbocycles. The molecule has 1 heterocycles. The van der Waals surface area contributed by atoms with E-state index in [0.717, 1.165) is 4.47 Å². The molecule has 8 heteroatoms. The van der Waals surface area contributed by atoms with E-state index < -0.39 is 5.91 Å². The fourth-order valence-electron chi connectivity index (χ4n) is 2.61. The van der Waals surface area contributed by atoms with E-state index in [4.69, 9.17) is 23.4 Å². The van der Waals surface area contributed by atoms with Crippen molar-refractivity contribution in [1.82, 2.24) is 0 Å². The van der Waals surface area contributed by atoms with Crippen molar-refractivity contribution in [1.29, 1.82) is 0 Å². The molecule has 0 spiro atoms. The summed E-state index contributed by atoms with van der Waals surface area (Å²) in [6, 6.07) is 14.0. The Morgan fingerprint density at radius 1 is 0.966 bits per heavy atom. The van der Waals surface area contributed by atoms with Crippen LogP contribution in [0.1, 0.15) is 16.3 Å². The van der Waals surface area contributed by atoms with Crippen LogP contribution in [0, 0.1) is 0 Å². The predicted octanol–water partition coefficient (Wildman–Crippen LogP) is 4.90. The maximum absolute atomic E-state index is 12.5. The second-order valence-corrected chi connectivity index (χ2v) is 6.79. The molecule has 0 aliphatic heterocycles. The van der Waals surface area contributed by atoms with Crippen molar-refractivity contribution in [3.8, 4) is 23.0 Å². The lowest BCUT2D eigenvalue weighted by molar-refractivity contribution is 0.0992. The molecule has 3 aromatic rings. The number of ether oxygens (including phenoxy) is 4. The van der Waals surface area contributed by atoms with Crippen molar-refractivity contribution >= 4 is 27.5 Å². The molecule has 2 aromatic carbocycles. The van der Waals surface area contributed by atoms with Gasteiger partial charge in [0.05, 0.1) is 21.3 Å². The molecule has 1 N–H and O–H groups in total. The maximum atomic E-state index is 12.5. The van der Waals surface area contributed by atoms with Crippen molar-refractivity contribution in [2.75, 3.05) is 26.6 Å². The Kier molecular flexibility index (Phi) is 6.66.